The molecule has 0 spiro atoms. The summed E-state index contributed by atoms with van der Waals surface area (Å²) in [4.78, 5) is 16.9. The van der Waals surface area contributed by atoms with Crippen molar-refractivity contribution in [3.05, 3.63) is 58.9 Å². The SMILES string of the molecule is CCCCCC1=NN2C(=N)/C(=C\c3cccn3-c3c(C)cccc3C)C(=O)N=C2S1. The van der Waals surface area contributed by atoms with Gasteiger partial charge in [-0.2, -0.15) is 15.1 Å². The van der Waals surface area contributed by atoms with Crippen molar-refractivity contribution < 1.29 is 4.79 Å². The minimum absolute atomic E-state index is 0.0808. The van der Waals surface area contributed by atoms with E-state index in [-0.39, 0.29) is 11.4 Å². The first-order chi connectivity index (χ1) is 14.5. The number of aromatic nitrogens is 1. The molecule has 7 heteroatoms. The van der Waals surface area contributed by atoms with Crippen LogP contribution in [0.1, 0.15) is 49.4 Å². The quantitative estimate of drug-likeness (QED) is 0.510. The lowest BCUT2D eigenvalue weighted by molar-refractivity contribution is -0.114. The molecule has 6 nitrogen and oxygen atoms in total. The third-order valence-electron chi connectivity index (χ3n) is 5.24. The summed E-state index contributed by atoms with van der Waals surface area (Å²) < 4.78 is 2.05. The van der Waals surface area contributed by atoms with E-state index in [0.29, 0.717) is 5.17 Å². The van der Waals surface area contributed by atoms with Crippen molar-refractivity contribution in [2.24, 2.45) is 10.1 Å². The Morgan fingerprint density at radius 2 is 1.90 bits per heavy atom. The highest BCUT2D eigenvalue weighted by Crippen LogP contribution is 2.30. The molecular weight excluding hydrogens is 394 g/mol. The zero-order valence-corrected chi connectivity index (χ0v) is 18.3. The molecule has 2 aliphatic rings. The lowest BCUT2D eigenvalue weighted by Gasteiger charge is -2.20. The molecule has 0 atom stereocenters. The molecule has 1 N–H and O–H groups in total. The Morgan fingerprint density at radius 1 is 1.13 bits per heavy atom. The number of hydrazone groups is 1. The average molecular weight is 420 g/mol. The number of rotatable bonds is 6. The lowest BCUT2D eigenvalue weighted by Crippen LogP contribution is -2.35. The largest absolute Gasteiger partial charge is 0.317 e. The zero-order chi connectivity index (χ0) is 21.3. The number of amides is 1. The second-order valence-electron chi connectivity index (χ2n) is 7.51. The number of para-hydroxylation sites is 1. The molecule has 0 bridgehead atoms. The van der Waals surface area contributed by atoms with E-state index < -0.39 is 5.91 Å². The average Bonchev–Trinajstić information content (AvgIpc) is 3.32. The molecule has 1 aromatic carbocycles. The van der Waals surface area contributed by atoms with Crippen LogP contribution in [0.3, 0.4) is 0 Å². The minimum atomic E-state index is -0.391. The second-order valence-corrected chi connectivity index (χ2v) is 8.55. The molecule has 0 saturated heterocycles. The number of carbonyl (C=O) groups is 1. The predicted molar refractivity (Wildman–Crippen MR) is 124 cm³/mol. The number of thioether (sulfide) groups is 1. The summed E-state index contributed by atoms with van der Waals surface area (Å²) in [6.07, 6.45) is 7.91. The van der Waals surface area contributed by atoms with Gasteiger partial charge < -0.3 is 4.57 Å². The van der Waals surface area contributed by atoms with Gasteiger partial charge in [0.25, 0.3) is 5.91 Å². The summed E-state index contributed by atoms with van der Waals surface area (Å²) in [5.41, 5.74) is 4.46. The van der Waals surface area contributed by atoms with E-state index in [1.165, 1.54) is 16.8 Å². The van der Waals surface area contributed by atoms with Crippen molar-refractivity contribution >= 4 is 39.8 Å². The Morgan fingerprint density at radius 3 is 2.63 bits per heavy atom. The molecule has 0 radical (unpaired) electrons. The van der Waals surface area contributed by atoms with Crippen molar-refractivity contribution in [3.63, 3.8) is 0 Å². The maximum atomic E-state index is 12.7. The van der Waals surface area contributed by atoms with Gasteiger partial charge in [-0.25, -0.2) is 0 Å². The summed E-state index contributed by atoms with van der Waals surface area (Å²) in [5, 5.41) is 16.0. The van der Waals surface area contributed by atoms with Crippen LogP contribution in [0.25, 0.3) is 11.8 Å². The standard InChI is InChI=1S/C23H25N5OS/c1-4-5-6-12-19-26-28-21(24)18(22(29)25-23(28)30-19)14-17-11-8-13-27(17)20-15(2)9-7-10-16(20)3/h7-11,13-14,24H,4-6,12H2,1-3H3/b18-14+,24-21?. The molecule has 30 heavy (non-hydrogen) atoms. The van der Waals surface area contributed by atoms with E-state index in [2.05, 4.69) is 47.6 Å². The van der Waals surface area contributed by atoms with Crippen molar-refractivity contribution in [1.82, 2.24) is 9.58 Å². The van der Waals surface area contributed by atoms with Crippen LogP contribution in [0.15, 0.2) is 52.2 Å². The molecule has 2 aromatic rings. The zero-order valence-electron chi connectivity index (χ0n) is 17.5. The number of aryl methyl sites for hydroxylation is 2. The summed E-state index contributed by atoms with van der Waals surface area (Å²) >= 11 is 1.40. The minimum Gasteiger partial charge on any atom is -0.317 e. The van der Waals surface area contributed by atoms with Gasteiger partial charge in [-0.15, -0.1) is 0 Å². The Kier molecular flexibility index (Phi) is 5.72. The number of fused-ring (bicyclic) bond motifs is 1. The number of hydrogen-bond acceptors (Lipinski definition) is 4. The van der Waals surface area contributed by atoms with E-state index in [0.717, 1.165) is 53.2 Å². The second kappa shape index (κ2) is 8.44. The van der Waals surface area contributed by atoms with E-state index in [4.69, 9.17) is 5.41 Å². The molecular formula is C23H25N5OS. The maximum Gasteiger partial charge on any atom is 0.283 e. The molecule has 0 aliphatic carbocycles. The highest BCUT2D eigenvalue weighted by atomic mass is 32.2. The Balaban J connectivity index is 1.66. The smallest absolute Gasteiger partial charge is 0.283 e. The number of unbranched alkanes of at least 4 members (excludes halogenated alkanes) is 2. The molecule has 2 aliphatic heterocycles. The maximum absolute atomic E-state index is 12.7. The Hall–Kier alpha value is -2.93. The molecule has 0 saturated carbocycles. The van der Waals surface area contributed by atoms with Gasteiger partial charge in [-0.1, -0.05) is 38.0 Å². The van der Waals surface area contributed by atoms with Gasteiger partial charge in [0.1, 0.15) is 5.04 Å². The van der Waals surface area contributed by atoms with Crippen LogP contribution >= 0.6 is 11.8 Å². The van der Waals surface area contributed by atoms with Crippen LogP contribution in [-0.4, -0.2) is 31.5 Å². The predicted octanol–water partition coefficient (Wildman–Crippen LogP) is 5.29. The number of hydrogen-bond donors (Lipinski definition) is 1. The number of aliphatic imine (C=N–C) groups is 1. The fourth-order valence-electron chi connectivity index (χ4n) is 3.71. The van der Waals surface area contributed by atoms with Crippen molar-refractivity contribution in [2.45, 2.75) is 46.5 Å². The van der Waals surface area contributed by atoms with Crippen molar-refractivity contribution in [3.8, 4) is 5.69 Å². The van der Waals surface area contributed by atoms with Crippen LogP contribution < -0.4 is 0 Å². The highest BCUT2D eigenvalue weighted by Gasteiger charge is 2.35. The van der Waals surface area contributed by atoms with Gasteiger partial charge in [0.2, 0.25) is 5.17 Å². The van der Waals surface area contributed by atoms with Crippen LogP contribution in [0.4, 0.5) is 0 Å². The molecule has 1 aromatic heterocycles. The topological polar surface area (TPSA) is 73.8 Å². The first-order valence-electron chi connectivity index (χ1n) is 10.2. The number of nitrogens with zero attached hydrogens (tertiary/aromatic N) is 4. The summed E-state index contributed by atoms with van der Waals surface area (Å²) in [7, 11) is 0. The molecule has 154 valence electrons. The van der Waals surface area contributed by atoms with E-state index in [1.807, 2.05) is 24.4 Å². The Bertz CT molecular complexity index is 1090. The fourth-order valence-corrected chi connectivity index (χ4v) is 4.63. The van der Waals surface area contributed by atoms with Gasteiger partial charge in [-0.05, 0) is 67.8 Å². The Labute approximate surface area is 180 Å². The van der Waals surface area contributed by atoms with Crippen LogP contribution in [0, 0.1) is 19.3 Å². The van der Waals surface area contributed by atoms with Gasteiger partial charge >= 0.3 is 0 Å². The lowest BCUT2D eigenvalue weighted by atomic mass is 10.1. The van der Waals surface area contributed by atoms with Crippen LogP contribution in [0.5, 0.6) is 0 Å². The first-order valence-corrected chi connectivity index (χ1v) is 11.0. The van der Waals surface area contributed by atoms with E-state index in [1.54, 1.807) is 6.08 Å². The van der Waals surface area contributed by atoms with Crippen molar-refractivity contribution in [2.75, 3.05) is 0 Å². The number of amidine groups is 2. The molecule has 0 fully saturated rings. The van der Waals surface area contributed by atoms with Gasteiger partial charge in [0.05, 0.1) is 11.3 Å². The summed E-state index contributed by atoms with van der Waals surface area (Å²) in [6.45, 7) is 6.30. The van der Waals surface area contributed by atoms with Gasteiger partial charge in [0.15, 0.2) is 5.84 Å². The number of benzene rings is 1. The molecule has 0 unspecified atom stereocenters. The third kappa shape index (κ3) is 3.77. The van der Waals surface area contributed by atoms with Crippen LogP contribution in [0.2, 0.25) is 0 Å². The van der Waals surface area contributed by atoms with E-state index in [9.17, 15) is 4.79 Å². The molecule has 1 amide bonds. The van der Waals surface area contributed by atoms with Crippen molar-refractivity contribution in [1.29, 1.82) is 5.41 Å². The highest BCUT2D eigenvalue weighted by molar-refractivity contribution is 8.26. The number of nitrogens with one attached hydrogen (secondary N) is 1. The fraction of sp³-hybridized carbons (Fsp3) is 0.304. The van der Waals surface area contributed by atoms with Crippen LogP contribution in [-0.2, 0) is 4.79 Å². The first kappa shape index (κ1) is 20.3. The monoisotopic (exact) mass is 419 g/mol. The summed E-state index contributed by atoms with van der Waals surface area (Å²) in [5.74, 6) is -0.310. The van der Waals surface area contributed by atoms with Gasteiger partial charge in [-0.3, -0.25) is 10.2 Å². The molecule has 3 heterocycles. The third-order valence-corrected chi connectivity index (χ3v) is 6.21. The van der Waals surface area contributed by atoms with E-state index >= 15 is 0 Å². The normalized spacial score (nSPS) is 17.4. The number of carbonyl (C=O) groups excluding carboxylic acids is 1. The summed E-state index contributed by atoms with van der Waals surface area (Å²) in [6, 6.07) is 10.1. The van der Waals surface area contributed by atoms with Gasteiger partial charge in [0, 0.05) is 11.9 Å². The molecule has 4 rings (SSSR count).